The van der Waals surface area contributed by atoms with Gasteiger partial charge in [0.2, 0.25) is 5.91 Å². The van der Waals surface area contributed by atoms with Gasteiger partial charge in [0, 0.05) is 12.1 Å². The molecule has 1 fully saturated rings. The molecule has 9 heteroatoms. The second-order valence-electron chi connectivity index (χ2n) is 6.92. The number of ether oxygens (including phenoxy) is 1. The molecule has 1 aliphatic carbocycles. The van der Waals surface area contributed by atoms with Crippen LogP contribution in [0, 0.1) is 20.2 Å². The van der Waals surface area contributed by atoms with Crippen LogP contribution in [0.2, 0.25) is 0 Å². The lowest BCUT2D eigenvalue weighted by molar-refractivity contribution is -0.384. The molecule has 0 bridgehead atoms. The highest BCUT2D eigenvalue weighted by molar-refractivity contribution is 6.01. The van der Waals surface area contributed by atoms with E-state index in [-0.39, 0.29) is 23.0 Å². The molecule has 1 saturated carbocycles. The van der Waals surface area contributed by atoms with Gasteiger partial charge >= 0.3 is 0 Å². The molecular formula is C20H21N3O6. The van der Waals surface area contributed by atoms with Crippen LogP contribution in [0.5, 0.6) is 5.75 Å². The van der Waals surface area contributed by atoms with Gasteiger partial charge in [-0.1, -0.05) is 25.0 Å². The minimum atomic E-state index is -0.873. The van der Waals surface area contributed by atoms with Crippen LogP contribution in [0.3, 0.4) is 0 Å². The maximum absolute atomic E-state index is 13.2. The van der Waals surface area contributed by atoms with Crippen LogP contribution in [0.1, 0.15) is 38.2 Å². The van der Waals surface area contributed by atoms with Gasteiger partial charge in [-0.2, -0.15) is 0 Å². The molecule has 3 rings (SSSR count). The number of nitro benzene ring substituents is 2. The fourth-order valence-corrected chi connectivity index (χ4v) is 3.79. The fourth-order valence-electron chi connectivity index (χ4n) is 3.79. The number of hydrogen-bond donors (Lipinski definition) is 1. The Hall–Kier alpha value is -3.49. The first-order chi connectivity index (χ1) is 13.9. The maximum atomic E-state index is 13.2. The molecule has 9 nitrogen and oxygen atoms in total. The third-order valence-electron chi connectivity index (χ3n) is 5.25. The van der Waals surface area contributed by atoms with Crippen LogP contribution in [0.25, 0.3) is 0 Å². The van der Waals surface area contributed by atoms with Gasteiger partial charge in [0.05, 0.1) is 27.9 Å². The van der Waals surface area contributed by atoms with Crippen LogP contribution in [0.4, 0.5) is 17.1 Å². The Kier molecular flexibility index (Phi) is 5.76. The van der Waals surface area contributed by atoms with Crippen LogP contribution >= 0.6 is 0 Å². The average Bonchev–Trinajstić information content (AvgIpc) is 3.20. The highest BCUT2D eigenvalue weighted by Gasteiger charge is 2.43. The number of rotatable bonds is 7. The Bertz CT molecular complexity index is 936. The molecule has 0 aliphatic heterocycles. The SMILES string of the molecule is CCOc1ccc(NC(=O)C2(c3ccc([N+](=O)[O-])cc3)CCCC2)c([N+](=O)[O-])c1. The maximum Gasteiger partial charge on any atom is 0.296 e. The predicted octanol–water partition coefficient (Wildman–Crippen LogP) is 4.35. The first-order valence-electron chi connectivity index (χ1n) is 9.35. The van der Waals surface area contributed by atoms with Gasteiger partial charge < -0.3 is 10.1 Å². The van der Waals surface area contributed by atoms with Crippen molar-refractivity contribution in [2.24, 2.45) is 0 Å². The molecule has 2 aromatic rings. The zero-order valence-corrected chi connectivity index (χ0v) is 15.9. The van der Waals surface area contributed by atoms with Crippen LogP contribution in [0.15, 0.2) is 42.5 Å². The summed E-state index contributed by atoms with van der Waals surface area (Å²) in [6.07, 6.45) is 2.80. The predicted molar refractivity (Wildman–Crippen MR) is 106 cm³/mol. The molecule has 1 amide bonds. The normalized spacial score (nSPS) is 14.9. The number of anilines is 1. The molecule has 2 aromatic carbocycles. The largest absolute Gasteiger partial charge is 0.494 e. The van der Waals surface area contributed by atoms with E-state index in [0.717, 1.165) is 12.8 Å². The van der Waals surface area contributed by atoms with Gasteiger partial charge in [-0.3, -0.25) is 25.0 Å². The van der Waals surface area contributed by atoms with E-state index in [1.165, 1.54) is 24.3 Å². The lowest BCUT2D eigenvalue weighted by Gasteiger charge is -2.28. The summed E-state index contributed by atoms with van der Waals surface area (Å²) in [5.41, 5.74) is -0.407. The van der Waals surface area contributed by atoms with Gasteiger partial charge in [-0.15, -0.1) is 0 Å². The third-order valence-corrected chi connectivity index (χ3v) is 5.25. The van der Waals surface area contributed by atoms with Crippen molar-refractivity contribution < 1.29 is 19.4 Å². The smallest absolute Gasteiger partial charge is 0.296 e. The van der Waals surface area contributed by atoms with E-state index < -0.39 is 15.3 Å². The van der Waals surface area contributed by atoms with E-state index in [1.807, 2.05) is 0 Å². The van der Waals surface area contributed by atoms with Crippen LogP contribution in [-0.2, 0) is 10.2 Å². The van der Waals surface area contributed by atoms with Crippen molar-refractivity contribution in [2.75, 3.05) is 11.9 Å². The summed E-state index contributed by atoms with van der Waals surface area (Å²) in [6.45, 7) is 2.14. The van der Waals surface area contributed by atoms with E-state index in [0.29, 0.717) is 30.8 Å². The second-order valence-corrected chi connectivity index (χ2v) is 6.92. The Morgan fingerprint density at radius 3 is 2.28 bits per heavy atom. The Morgan fingerprint density at radius 2 is 1.72 bits per heavy atom. The minimum absolute atomic E-state index is 0.0514. The summed E-state index contributed by atoms with van der Waals surface area (Å²) >= 11 is 0. The first-order valence-corrected chi connectivity index (χ1v) is 9.35. The van der Waals surface area contributed by atoms with Gasteiger partial charge in [0.1, 0.15) is 11.4 Å². The number of nitro groups is 2. The fraction of sp³-hybridized carbons (Fsp3) is 0.350. The molecular weight excluding hydrogens is 378 g/mol. The van der Waals surface area contributed by atoms with Crippen molar-refractivity contribution in [2.45, 2.75) is 38.0 Å². The first kappa shape index (κ1) is 20.2. The summed E-state index contributed by atoms with van der Waals surface area (Å²) in [7, 11) is 0. The second kappa shape index (κ2) is 8.26. The van der Waals surface area contributed by atoms with Crippen molar-refractivity contribution in [3.05, 3.63) is 68.3 Å². The molecule has 29 heavy (non-hydrogen) atoms. The number of nitrogens with zero attached hydrogens (tertiary/aromatic N) is 2. The number of carbonyl (C=O) groups excluding carboxylic acids is 1. The minimum Gasteiger partial charge on any atom is -0.494 e. The van der Waals surface area contributed by atoms with Crippen molar-refractivity contribution in [1.82, 2.24) is 0 Å². The number of nitrogens with one attached hydrogen (secondary N) is 1. The summed E-state index contributed by atoms with van der Waals surface area (Å²) in [5, 5.41) is 25.1. The van der Waals surface area contributed by atoms with Crippen molar-refractivity contribution >= 4 is 23.0 Å². The van der Waals surface area contributed by atoms with E-state index in [4.69, 9.17) is 4.74 Å². The number of benzene rings is 2. The van der Waals surface area contributed by atoms with E-state index in [1.54, 1.807) is 25.1 Å². The molecule has 0 atom stereocenters. The third kappa shape index (κ3) is 4.03. The van der Waals surface area contributed by atoms with Gasteiger partial charge in [-0.25, -0.2) is 0 Å². The Labute approximate surface area is 167 Å². The highest BCUT2D eigenvalue weighted by atomic mass is 16.6. The molecule has 152 valence electrons. The number of hydrogen-bond acceptors (Lipinski definition) is 6. The zero-order valence-electron chi connectivity index (χ0n) is 15.9. The Balaban J connectivity index is 1.93. The summed E-state index contributed by atoms with van der Waals surface area (Å²) < 4.78 is 5.30. The quantitative estimate of drug-likeness (QED) is 0.545. The van der Waals surface area contributed by atoms with Gasteiger partial charge in [0.25, 0.3) is 11.4 Å². The average molecular weight is 399 g/mol. The lowest BCUT2D eigenvalue weighted by atomic mass is 9.78. The van der Waals surface area contributed by atoms with E-state index in [9.17, 15) is 25.0 Å². The summed E-state index contributed by atoms with van der Waals surface area (Å²) in [5.74, 6) is -0.000685. The number of amides is 1. The standard InChI is InChI=1S/C20H21N3O6/c1-2-29-16-9-10-17(18(13-16)23(27)28)21-19(24)20(11-3-4-12-20)14-5-7-15(8-6-14)22(25)26/h5-10,13H,2-4,11-12H2,1H3,(H,21,24). The molecule has 0 radical (unpaired) electrons. The molecule has 0 spiro atoms. The van der Waals surface area contributed by atoms with Crippen LogP contribution in [-0.4, -0.2) is 22.4 Å². The molecule has 0 aromatic heterocycles. The van der Waals surface area contributed by atoms with E-state index >= 15 is 0 Å². The summed E-state index contributed by atoms with van der Waals surface area (Å²) in [4.78, 5) is 34.6. The molecule has 0 heterocycles. The highest BCUT2D eigenvalue weighted by Crippen LogP contribution is 2.43. The Morgan fingerprint density at radius 1 is 1.07 bits per heavy atom. The van der Waals surface area contributed by atoms with Gasteiger partial charge in [-0.05, 0) is 37.5 Å². The molecule has 1 aliphatic rings. The monoisotopic (exact) mass is 399 g/mol. The van der Waals surface area contributed by atoms with Gasteiger partial charge in [0.15, 0.2) is 0 Å². The zero-order chi connectivity index (χ0) is 21.0. The number of non-ortho nitro benzene ring substituents is 1. The van der Waals surface area contributed by atoms with E-state index in [2.05, 4.69) is 5.32 Å². The van der Waals surface area contributed by atoms with Crippen molar-refractivity contribution in [1.29, 1.82) is 0 Å². The molecule has 0 unspecified atom stereocenters. The van der Waals surface area contributed by atoms with Crippen molar-refractivity contribution in [3.63, 3.8) is 0 Å². The molecule has 1 N–H and O–H groups in total. The number of carbonyl (C=O) groups is 1. The van der Waals surface area contributed by atoms with Crippen molar-refractivity contribution in [3.8, 4) is 5.75 Å². The molecule has 0 saturated heterocycles. The van der Waals surface area contributed by atoms with Crippen LogP contribution < -0.4 is 10.1 Å². The topological polar surface area (TPSA) is 125 Å². The summed E-state index contributed by atoms with van der Waals surface area (Å²) in [6, 6.07) is 10.3. The lowest BCUT2D eigenvalue weighted by Crippen LogP contribution is -2.38.